The molecule has 1 rings (SSSR count). The second kappa shape index (κ2) is 4.56. The van der Waals surface area contributed by atoms with E-state index in [0.29, 0.717) is 5.56 Å². The number of hydrogen-bond acceptors (Lipinski definition) is 2. The van der Waals surface area contributed by atoms with Crippen molar-refractivity contribution in [2.75, 3.05) is 6.54 Å². The average Bonchev–Trinajstić information content (AvgIpc) is 2.05. The van der Waals surface area contributed by atoms with Crippen molar-refractivity contribution in [2.45, 2.75) is 12.5 Å². The fourth-order valence-electron chi connectivity index (χ4n) is 0.927. The van der Waals surface area contributed by atoms with E-state index in [0.717, 1.165) is 0 Å². The molecule has 0 saturated heterocycles. The van der Waals surface area contributed by atoms with Crippen LogP contribution in [0.3, 0.4) is 0 Å². The van der Waals surface area contributed by atoms with Crippen LogP contribution in [0, 0.1) is 5.82 Å². The summed E-state index contributed by atoms with van der Waals surface area (Å²) in [5.74, 6) is -0.313. The SMILES string of the molecule is CC(O)(CN)c1ccc(F)cc1.Cl. The predicted molar refractivity (Wildman–Crippen MR) is 52.3 cm³/mol. The molecule has 1 aromatic rings. The zero-order chi connectivity index (χ0) is 9.19. The van der Waals surface area contributed by atoms with Crippen LogP contribution < -0.4 is 5.73 Å². The quantitative estimate of drug-likeness (QED) is 0.767. The summed E-state index contributed by atoms with van der Waals surface area (Å²) in [4.78, 5) is 0. The highest BCUT2D eigenvalue weighted by Gasteiger charge is 2.20. The van der Waals surface area contributed by atoms with Crippen molar-refractivity contribution in [1.29, 1.82) is 0 Å². The van der Waals surface area contributed by atoms with E-state index in [4.69, 9.17) is 5.73 Å². The van der Waals surface area contributed by atoms with Gasteiger partial charge in [-0.2, -0.15) is 0 Å². The zero-order valence-corrected chi connectivity index (χ0v) is 8.14. The van der Waals surface area contributed by atoms with Gasteiger partial charge in [0.05, 0.1) is 5.60 Å². The van der Waals surface area contributed by atoms with Gasteiger partial charge >= 0.3 is 0 Å². The molecular weight excluding hydrogens is 193 g/mol. The third-order valence-electron chi connectivity index (χ3n) is 1.86. The summed E-state index contributed by atoms with van der Waals surface area (Å²) in [6.45, 7) is 1.72. The van der Waals surface area contributed by atoms with Crippen LogP contribution >= 0.6 is 12.4 Å². The van der Waals surface area contributed by atoms with Gasteiger partial charge in [0.25, 0.3) is 0 Å². The monoisotopic (exact) mass is 205 g/mol. The van der Waals surface area contributed by atoms with Crippen molar-refractivity contribution in [3.05, 3.63) is 35.6 Å². The van der Waals surface area contributed by atoms with Crippen molar-refractivity contribution < 1.29 is 9.50 Å². The maximum Gasteiger partial charge on any atom is 0.123 e. The Hall–Kier alpha value is -0.640. The molecule has 0 aliphatic heterocycles. The fourth-order valence-corrected chi connectivity index (χ4v) is 0.927. The molecule has 0 aliphatic rings. The van der Waals surface area contributed by atoms with E-state index in [-0.39, 0.29) is 24.8 Å². The van der Waals surface area contributed by atoms with E-state index in [1.165, 1.54) is 24.3 Å². The van der Waals surface area contributed by atoms with Gasteiger partial charge in [0.2, 0.25) is 0 Å². The summed E-state index contributed by atoms with van der Waals surface area (Å²) in [5.41, 5.74) is 4.90. The Morgan fingerprint density at radius 1 is 1.38 bits per heavy atom. The van der Waals surface area contributed by atoms with Crippen molar-refractivity contribution in [1.82, 2.24) is 0 Å². The van der Waals surface area contributed by atoms with Gasteiger partial charge in [0.1, 0.15) is 5.82 Å². The lowest BCUT2D eigenvalue weighted by Gasteiger charge is -2.21. The molecule has 1 unspecified atom stereocenters. The van der Waals surface area contributed by atoms with Crippen LogP contribution in [0.2, 0.25) is 0 Å². The number of benzene rings is 1. The maximum atomic E-state index is 12.5. The normalized spacial score (nSPS) is 14.5. The first-order valence-electron chi connectivity index (χ1n) is 3.75. The topological polar surface area (TPSA) is 46.2 Å². The van der Waals surface area contributed by atoms with Gasteiger partial charge in [0, 0.05) is 6.54 Å². The lowest BCUT2D eigenvalue weighted by atomic mass is 9.96. The minimum Gasteiger partial charge on any atom is -0.384 e. The van der Waals surface area contributed by atoms with Gasteiger partial charge in [-0.15, -0.1) is 12.4 Å². The van der Waals surface area contributed by atoms with Crippen molar-refractivity contribution in [3.63, 3.8) is 0 Å². The Morgan fingerprint density at radius 3 is 2.23 bits per heavy atom. The zero-order valence-electron chi connectivity index (χ0n) is 7.33. The minimum absolute atomic E-state index is 0. The Labute approximate surface area is 83.0 Å². The molecule has 0 fully saturated rings. The fraction of sp³-hybridized carbons (Fsp3) is 0.333. The van der Waals surface area contributed by atoms with E-state index >= 15 is 0 Å². The molecule has 4 heteroatoms. The number of nitrogens with two attached hydrogens (primary N) is 1. The van der Waals surface area contributed by atoms with Crippen molar-refractivity contribution >= 4 is 12.4 Å². The molecule has 0 amide bonds. The summed E-state index contributed by atoms with van der Waals surface area (Å²) >= 11 is 0. The summed E-state index contributed by atoms with van der Waals surface area (Å²) < 4.78 is 12.5. The molecule has 0 heterocycles. The van der Waals surface area contributed by atoms with E-state index in [2.05, 4.69) is 0 Å². The molecule has 0 aliphatic carbocycles. The number of rotatable bonds is 2. The second-order valence-electron chi connectivity index (χ2n) is 2.98. The lowest BCUT2D eigenvalue weighted by Crippen LogP contribution is -2.31. The second-order valence-corrected chi connectivity index (χ2v) is 2.98. The molecule has 74 valence electrons. The molecule has 2 nitrogen and oxygen atoms in total. The van der Waals surface area contributed by atoms with Crippen LogP contribution in [0.15, 0.2) is 24.3 Å². The summed E-state index contributed by atoms with van der Waals surface area (Å²) in [6.07, 6.45) is 0. The average molecular weight is 206 g/mol. The Kier molecular flexibility index (Phi) is 4.33. The third-order valence-corrected chi connectivity index (χ3v) is 1.86. The highest BCUT2D eigenvalue weighted by molar-refractivity contribution is 5.85. The van der Waals surface area contributed by atoms with Crippen LogP contribution in [-0.2, 0) is 5.60 Å². The smallest absolute Gasteiger partial charge is 0.123 e. The first-order valence-corrected chi connectivity index (χ1v) is 3.75. The number of hydrogen-bond donors (Lipinski definition) is 2. The molecule has 0 aromatic heterocycles. The third kappa shape index (κ3) is 2.95. The van der Waals surface area contributed by atoms with E-state index in [1.807, 2.05) is 0 Å². The summed E-state index contributed by atoms with van der Waals surface area (Å²) in [7, 11) is 0. The molecule has 1 atom stereocenters. The van der Waals surface area contributed by atoms with Crippen molar-refractivity contribution in [3.8, 4) is 0 Å². The highest BCUT2D eigenvalue weighted by Crippen LogP contribution is 2.18. The molecule has 0 bridgehead atoms. The van der Waals surface area contributed by atoms with E-state index < -0.39 is 5.60 Å². The van der Waals surface area contributed by atoms with Crippen LogP contribution in [0.5, 0.6) is 0 Å². The van der Waals surface area contributed by atoms with Crippen LogP contribution in [-0.4, -0.2) is 11.7 Å². The largest absolute Gasteiger partial charge is 0.384 e. The van der Waals surface area contributed by atoms with Gasteiger partial charge in [-0.3, -0.25) is 0 Å². The molecule has 0 spiro atoms. The Balaban J connectivity index is 0.00000144. The number of aliphatic hydroxyl groups is 1. The molecule has 3 N–H and O–H groups in total. The minimum atomic E-state index is -1.06. The van der Waals surface area contributed by atoms with Gasteiger partial charge < -0.3 is 10.8 Å². The molecule has 0 radical (unpaired) electrons. The first-order chi connectivity index (χ1) is 5.56. The van der Waals surface area contributed by atoms with Gasteiger partial charge in [0.15, 0.2) is 0 Å². The summed E-state index contributed by atoms with van der Waals surface area (Å²) in [6, 6.07) is 5.67. The summed E-state index contributed by atoms with van der Waals surface area (Å²) in [5, 5.41) is 9.64. The molecule has 13 heavy (non-hydrogen) atoms. The standard InChI is InChI=1S/C9H12FNO.ClH/c1-9(12,6-11)7-2-4-8(10)5-3-7;/h2-5,12H,6,11H2,1H3;1H. The van der Waals surface area contributed by atoms with Gasteiger partial charge in [-0.1, -0.05) is 12.1 Å². The van der Waals surface area contributed by atoms with Crippen molar-refractivity contribution in [2.24, 2.45) is 5.73 Å². The maximum absolute atomic E-state index is 12.5. The van der Waals surface area contributed by atoms with Crippen LogP contribution in [0.1, 0.15) is 12.5 Å². The number of halogens is 2. The van der Waals surface area contributed by atoms with Gasteiger partial charge in [-0.25, -0.2) is 4.39 Å². The van der Waals surface area contributed by atoms with Gasteiger partial charge in [-0.05, 0) is 24.6 Å². The van der Waals surface area contributed by atoms with Crippen LogP contribution in [0.25, 0.3) is 0 Å². The van der Waals surface area contributed by atoms with E-state index in [1.54, 1.807) is 6.92 Å². The first kappa shape index (κ1) is 12.4. The lowest BCUT2D eigenvalue weighted by molar-refractivity contribution is 0.0668. The van der Waals surface area contributed by atoms with Crippen LogP contribution in [0.4, 0.5) is 4.39 Å². The Bertz CT molecular complexity index is 261. The molecular formula is C9H13ClFNO. The van der Waals surface area contributed by atoms with E-state index in [9.17, 15) is 9.50 Å². The molecule has 1 aromatic carbocycles. The Morgan fingerprint density at radius 2 is 1.85 bits per heavy atom. The predicted octanol–water partition coefficient (Wildman–Crippen LogP) is 1.41. The molecule has 0 saturated carbocycles. The highest BCUT2D eigenvalue weighted by atomic mass is 35.5.